The molecule has 1 aliphatic rings. The van der Waals surface area contributed by atoms with Crippen LogP contribution < -0.4 is 15.6 Å². The van der Waals surface area contributed by atoms with Gasteiger partial charge < -0.3 is 15.3 Å². The number of benzene rings is 1. The summed E-state index contributed by atoms with van der Waals surface area (Å²) >= 11 is 0. The first-order valence-corrected chi connectivity index (χ1v) is 11.6. The number of aromatic nitrogens is 2. The van der Waals surface area contributed by atoms with Gasteiger partial charge in [-0.15, -0.1) is 0 Å². The molecule has 0 saturated carbocycles. The number of rotatable bonds is 5. The second-order valence-corrected chi connectivity index (χ2v) is 9.74. The fourth-order valence-corrected chi connectivity index (χ4v) is 4.33. The molecule has 0 spiro atoms. The average molecular weight is 524 g/mol. The van der Waals surface area contributed by atoms with Crippen LogP contribution in [0.2, 0.25) is 0 Å². The molecule has 198 valence electrons. The smallest absolute Gasteiger partial charge is 0.391 e. The van der Waals surface area contributed by atoms with E-state index in [0.717, 1.165) is 22.9 Å². The van der Waals surface area contributed by atoms with Crippen molar-refractivity contribution >= 4 is 22.8 Å². The number of β-amino-alcohol motifs (C(OH)–C–C–N with tert-alkyl or cyclic N) is 1. The number of pyridine rings is 2. The summed E-state index contributed by atoms with van der Waals surface area (Å²) in [5, 5.41) is 12.0. The maximum absolute atomic E-state index is 14.8. The first-order chi connectivity index (χ1) is 17.2. The van der Waals surface area contributed by atoms with Crippen molar-refractivity contribution in [2.75, 3.05) is 18.0 Å². The van der Waals surface area contributed by atoms with E-state index in [2.05, 4.69) is 4.98 Å². The van der Waals surface area contributed by atoms with Crippen LogP contribution in [-0.2, 0) is 0 Å². The number of hydrogen-bond acceptors (Lipinski definition) is 5. The first kappa shape index (κ1) is 26.5. The molecule has 1 unspecified atom stereocenters. The number of nitrogens with one attached hydrogen (secondary N) is 1. The van der Waals surface area contributed by atoms with Crippen molar-refractivity contribution in [1.29, 1.82) is 0 Å². The van der Waals surface area contributed by atoms with Crippen LogP contribution in [0.25, 0.3) is 16.7 Å². The number of carbonyl (C=O) groups is 1. The Kier molecular flexibility index (Phi) is 6.74. The molecule has 37 heavy (non-hydrogen) atoms. The number of anilines is 1. The fraction of sp³-hybridized carbons (Fsp3) is 0.400. The molecule has 4 rings (SSSR count). The number of hydrogen-bond donors (Lipinski definition) is 2. The van der Waals surface area contributed by atoms with E-state index in [1.54, 1.807) is 4.90 Å². The van der Waals surface area contributed by atoms with Crippen molar-refractivity contribution in [3.05, 3.63) is 63.9 Å². The summed E-state index contributed by atoms with van der Waals surface area (Å²) in [7, 11) is 0. The van der Waals surface area contributed by atoms with Crippen LogP contribution in [0.15, 0.2) is 41.3 Å². The largest absolute Gasteiger partial charge is 0.408 e. The topological polar surface area (TPSA) is 87.5 Å². The molecule has 3 aromatic rings. The van der Waals surface area contributed by atoms with Crippen molar-refractivity contribution in [1.82, 2.24) is 14.9 Å². The highest BCUT2D eigenvalue weighted by Crippen LogP contribution is 2.33. The molecule has 2 aromatic heterocycles. The third-order valence-corrected chi connectivity index (χ3v) is 6.58. The Hall–Kier alpha value is -3.54. The molecule has 0 radical (unpaired) electrons. The Morgan fingerprint density at radius 3 is 2.51 bits per heavy atom. The number of aliphatic hydroxyl groups is 1. The zero-order chi connectivity index (χ0) is 27.3. The second-order valence-electron chi connectivity index (χ2n) is 9.74. The van der Waals surface area contributed by atoms with Gasteiger partial charge in [-0.25, -0.2) is 13.8 Å². The maximum Gasteiger partial charge on any atom is 0.408 e. The molecule has 2 atom stereocenters. The van der Waals surface area contributed by atoms with Gasteiger partial charge in [0.25, 0.3) is 5.91 Å². The van der Waals surface area contributed by atoms with Gasteiger partial charge in [-0.2, -0.15) is 13.2 Å². The molecular weight excluding hydrogens is 499 g/mol. The van der Waals surface area contributed by atoms with Gasteiger partial charge in [0.1, 0.15) is 29.1 Å². The van der Waals surface area contributed by atoms with Crippen LogP contribution in [0.3, 0.4) is 0 Å². The fourth-order valence-electron chi connectivity index (χ4n) is 4.33. The molecule has 7 nitrogen and oxygen atoms in total. The number of carbonyl (C=O) groups excluding carboxylic acids is 1. The summed E-state index contributed by atoms with van der Waals surface area (Å²) in [6, 6.07) is 3.25. The molecule has 12 heteroatoms. The lowest BCUT2D eigenvalue weighted by atomic mass is 9.90. The highest BCUT2D eigenvalue weighted by atomic mass is 19.4. The van der Waals surface area contributed by atoms with Gasteiger partial charge in [0.05, 0.1) is 17.2 Å². The van der Waals surface area contributed by atoms with Gasteiger partial charge >= 0.3 is 6.18 Å². The van der Waals surface area contributed by atoms with Gasteiger partial charge in [0, 0.05) is 30.8 Å². The van der Waals surface area contributed by atoms with E-state index in [4.69, 9.17) is 0 Å². The minimum absolute atomic E-state index is 0.0911. The quantitative estimate of drug-likeness (QED) is 0.494. The summed E-state index contributed by atoms with van der Waals surface area (Å²) < 4.78 is 69.2. The Morgan fingerprint density at radius 1 is 1.24 bits per heavy atom. The molecule has 1 amide bonds. The zero-order valence-corrected chi connectivity index (χ0v) is 20.2. The van der Waals surface area contributed by atoms with Crippen LogP contribution in [0.5, 0.6) is 0 Å². The van der Waals surface area contributed by atoms with Crippen LogP contribution in [-0.4, -0.2) is 52.0 Å². The van der Waals surface area contributed by atoms with E-state index in [-0.39, 0.29) is 23.3 Å². The standard InChI is InChI=1S/C25H25F5N4O3/c1-4-18(25(28,29)30)31-23(37)15-10-34(17-7-5-13(26)9-16(17)27)22-14(21(15)36)6-8-20(32-22)33-11-19(35)24(2,3)12-33/h5-10,18-19,35H,4,11-12H2,1-3H3,(H,31,37)/t18-,19?/m1/s1. The van der Waals surface area contributed by atoms with E-state index in [9.17, 15) is 36.6 Å². The Bertz CT molecular complexity index is 1420. The number of aliphatic hydroxyl groups excluding tert-OH is 1. The van der Waals surface area contributed by atoms with Gasteiger partial charge in [-0.1, -0.05) is 20.8 Å². The lowest BCUT2D eigenvalue weighted by molar-refractivity contribution is -0.153. The number of halogens is 5. The molecular formula is C25H25F5N4O3. The monoisotopic (exact) mass is 524 g/mol. The van der Waals surface area contributed by atoms with E-state index in [1.807, 2.05) is 19.2 Å². The van der Waals surface area contributed by atoms with Crippen molar-refractivity contribution in [2.24, 2.45) is 5.41 Å². The third-order valence-electron chi connectivity index (χ3n) is 6.58. The zero-order valence-electron chi connectivity index (χ0n) is 20.2. The lowest BCUT2D eigenvalue weighted by Crippen LogP contribution is -2.46. The summed E-state index contributed by atoms with van der Waals surface area (Å²) in [6.45, 7) is 5.65. The predicted octanol–water partition coefficient (Wildman–Crippen LogP) is 3.94. The number of amides is 1. The van der Waals surface area contributed by atoms with Crippen LogP contribution in [0, 0.1) is 17.0 Å². The summed E-state index contributed by atoms with van der Waals surface area (Å²) in [6.07, 6.45) is -4.97. The van der Waals surface area contributed by atoms with E-state index in [0.29, 0.717) is 18.4 Å². The van der Waals surface area contributed by atoms with Crippen LogP contribution in [0.4, 0.5) is 27.8 Å². The number of fused-ring (bicyclic) bond motifs is 1. The first-order valence-electron chi connectivity index (χ1n) is 11.6. The minimum Gasteiger partial charge on any atom is -0.391 e. The van der Waals surface area contributed by atoms with Gasteiger partial charge in [0.15, 0.2) is 5.65 Å². The number of nitrogens with zero attached hydrogens (tertiary/aromatic N) is 3. The molecule has 3 heterocycles. The van der Waals surface area contributed by atoms with E-state index in [1.165, 1.54) is 19.1 Å². The molecule has 1 fully saturated rings. The molecule has 1 aromatic carbocycles. The maximum atomic E-state index is 14.8. The van der Waals surface area contributed by atoms with Crippen molar-refractivity contribution in [2.45, 2.75) is 45.5 Å². The van der Waals surface area contributed by atoms with Gasteiger partial charge in [-0.3, -0.25) is 14.2 Å². The minimum atomic E-state index is -4.74. The molecule has 0 aliphatic carbocycles. The third kappa shape index (κ3) is 5.02. The second kappa shape index (κ2) is 9.40. The summed E-state index contributed by atoms with van der Waals surface area (Å²) in [5.74, 6) is -2.85. The van der Waals surface area contributed by atoms with Gasteiger partial charge in [-0.05, 0) is 30.7 Å². The molecule has 2 N–H and O–H groups in total. The Morgan fingerprint density at radius 2 is 1.95 bits per heavy atom. The Balaban J connectivity index is 1.90. The lowest BCUT2D eigenvalue weighted by Gasteiger charge is -2.22. The average Bonchev–Trinajstić information content (AvgIpc) is 3.09. The van der Waals surface area contributed by atoms with Crippen molar-refractivity contribution < 1.29 is 31.9 Å². The Labute approximate surface area is 208 Å². The van der Waals surface area contributed by atoms with Crippen LogP contribution in [0.1, 0.15) is 37.6 Å². The van der Waals surface area contributed by atoms with Crippen molar-refractivity contribution in [3.8, 4) is 5.69 Å². The molecule has 0 bridgehead atoms. The van der Waals surface area contributed by atoms with Gasteiger partial charge in [0.2, 0.25) is 5.43 Å². The highest BCUT2D eigenvalue weighted by molar-refractivity contribution is 5.97. The summed E-state index contributed by atoms with van der Waals surface area (Å²) in [5.41, 5.74) is -2.37. The SMILES string of the molecule is CC[C@@H](NC(=O)c1cn(-c2ccc(F)cc2F)c2nc(N3CC(O)C(C)(C)C3)ccc2c1=O)C(F)(F)F. The van der Waals surface area contributed by atoms with Crippen molar-refractivity contribution in [3.63, 3.8) is 0 Å². The number of alkyl halides is 3. The molecule has 1 saturated heterocycles. The van der Waals surface area contributed by atoms with Crippen LogP contribution >= 0.6 is 0 Å². The molecule has 1 aliphatic heterocycles. The summed E-state index contributed by atoms with van der Waals surface area (Å²) in [4.78, 5) is 32.2. The normalized spacial score (nSPS) is 18.3. The highest BCUT2D eigenvalue weighted by Gasteiger charge is 2.40. The van der Waals surface area contributed by atoms with E-state index < -0.39 is 58.7 Å². The predicted molar refractivity (Wildman–Crippen MR) is 127 cm³/mol. The van der Waals surface area contributed by atoms with E-state index >= 15 is 0 Å².